The number of hydrogen-bond acceptors (Lipinski definition) is 4. The highest BCUT2D eigenvalue weighted by atomic mass is 32.2. The Morgan fingerprint density at radius 3 is 2.60 bits per heavy atom. The van der Waals surface area contributed by atoms with E-state index in [1.807, 2.05) is 13.0 Å². The molecule has 0 fully saturated rings. The molecule has 0 aromatic heterocycles. The normalized spacial score (nSPS) is 14.5. The largest absolute Gasteiger partial charge is 0.397 e. The zero-order valence-electron chi connectivity index (χ0n) is 8.99. The van der Waals surface area contributed by atoms with Crippen molar-refractivity contribution >= 4 is 27.9 Å². The molecule has 0 heterocycles. The molecular weight excluding hydrogens is 210 g/mol. The predicted octanol–water partition coefficient (Wildman–Crippen LogP) is 1.03. The molecule has 0 aliphatic carbocycles. The minimum Gasteiger partial charge on any atom is -0.397 e. The summed E-state index contributed by atoms with van der Waals surface area (Å²) >= 11 is 0. The van der Waals surface area contributed by atoms with Crippen LogP contribution in [-0.4, -0.2) is 22.3 Å². The molecule has 0 saturated carbocycles. The third-order valence-electron chi connectivity index (χ3n) is 1.98. The van der Waals surface area contributed by atoms with Gasteiger partial charge in [0.2, 0.25) is 0 Å². The van der Waals surface area contributed by atoms with Gasteiger partial charge in [0.15, 0.2) is 0 Å². The number of hydrogen-bond donors (Lipinski definition) is 3. The summed E-state index contributed by atoms with van der Waals surface area (Å²) < 4.78 is 11.0. The van der Waals surface area contributed by atoms with E-state index in [1.54, 1.807) is 18.4 Å². The molecule has 4 nitrogen and oxygen atoms in total. The fourth-order valence-corrected chi connectivity index (χ4v) is 2.13. The first-order chi connectivity index (χ1) is 6.99. The first kappa shape index (κ1) is 11.8. The van der Waals surface area contributed by atoms with Gasteiger partial charge in [-0.05, 0) is 25.1 Å². The maximum atomic E-state index is 11.0. The Hall–Kier alpha value is -1.23. The topological polar surface area (TPSA) is 81.1 Å². The highest BCUT2D eigenvalue weighted by Crippen LogP contribution is 2.20. The molecule has 2 atom stereocenters. The lowest BCUT2D eigenvalue weighted by molar-refractivity contribution is 0.683. The Bertz CT molecular complexity index is 368. The summed E-state index contributed by atoms with van der Waals surface area (Å²) in [6.07, 6.45) is 1.69. The van der Waals surface area contributed by atoms with E-state index in [1.165, 1.54) is 0 Å². The maximum absolute atomic E-state index is 11.0. The third-order valence-corrected chi connectivity index (χ3v) is 2.95. The molecule has 84 valence electrons. The molecule has 0 spiro atoms. The van der Waals surface area contributed by atoms with E-state index in [9.17, 15) is 4.21 Å². The minimum absolute atomic E-state index is 0.152. The molecule has 2 unspecified atom stereocenters. The molecule has 0 aliphatic rings. The molecule has 0 radical (unpaired) electrons. The molecular formula is C10H17N3OS. The van der Waals surface area contributed by atoms with Crippen LogP contribution < -0.4 is 16.8 Å². The number of anilines is 3. The second kappa shape index (κ2) is 5.02. The van der Waals surface area contributed by atoms with Gasteiger partial charge in [0.1, 0.15) is 0 Å². The SMILES string of the molecule is CC(CS(C)=O)Nc1ccc(N)c(N)c1. The fraction of sp³-hybridized carbons (Fsp3) is 0.400. The lowest BCUT2D eigenvalue weighted by Crippen LogP contribution is -2.22. The molecule has 0 amide bonds. The smallest absolute Gasteiger partial charge is 0.0568 e. The Kier molecular flexibility index (Phi) is 3.96. The van der Waals surface area contributed by atoms with Crippen LogP contribution >= 0.6 is 0 Å². The third kappa shape index (κ3) is 3.79. The first-order valence-electron chi connectivity index (χ1n) is 4.70. The van der Waals surface area contributed by atoms with E-state index in [0.717, 1.165) is 5.69 Å². The van der Waals surface area contributed by atoms with Crippen LogP contribution in [0.4, 0.5) is 17.1 Å². The van der Waals surface area contributed by atoms with Gasteiger partial charge in [-0.25, -0.2) is 0 Å². The van der Waals surface area contributed by atoms with E-state index in [-0.39, 0.29) is 6.04 Å². The van der Waals surface area contributed by atoms with Gasteiger partial charge < -0.3 is 16.8 Å². The zero-order valence-corrected chi connectivity index (χ0v) is 9.80. The predicted molar refractivity (Wildman–Crippen MR) is 67.3 cm³/mol. The number of nitrogens with one attached hydrogen (secondary N) is 1. The van der Waals surface area contributed by atoms with Crippen molar-refractivity contribution in [2.24, 2.45) is 0 Å². The molecule has 1 aromatic carbocycles. The average molecular weight is 227 g/mol. The second-order valence-electron chi connectivity index (χ2n) is 3.63. The maximum Gasteiger partial charge on any atom is 0.0568 e. The molecule has 1 rings (SSSR count). The average Bonchev–Trinajstić information content (AvgIpc) is 2.10. The van der Waals surface area contributed by atoms with E-state index in [4.69, 9.17) is 11.5 Å². The molecule has 1 aromatic rings. The summed E-state index contributed by atoms with van der Waals surface area (Å²) in [6.45, 7) is 1.98. The van der Waals surface area contributed by atoms with Gasteiger partial charge in [-0.15, -0.1) is 0 Å². The van der Waals surface area contributed by atoms with Crippen LogP contribution in [-0.2, 0) is 10.8 Å². The van der Waals surface area contributed by atoms with Gasteiger partial charge in [0.05, 0.1) is 11.4 Å². The van der Waals surface area contributed by atoms with E-state index < -0.39 is 10.8 Å². The van der Waals surface area contributed by atoms with Crippen LogP contribution in [0.5, 0.6) is 0 Å². The van der Waals surface area contributed by atoms with E-state index in [0.29, 0.717) is 17.1 Å². The van der Waals surface area contributed by atoms with Gasteiger partial charge in [-0.1, -0.05) is 0 Å². The standard InChI is InChI=1S/C10H17N3OS/c1-7(6-15(2)14)13-8-3-4-9(11)10(12)5-8/h3-5,7,13H,6,11-12H2,1-2H3. The van der Waals surface area contributed by atoms with Crippen LogP contribution in [0.15, 0.2) is 18.2 Å². The second-order valence-corrected chi connectivity index (χ2v) is 5.11. The zero-order chi connectivity index (χ0) is 11.4. The molecule has 5 heteroatoms. The molecule has 0 saturated heterocycles. The first-order valence-corrected chi connectivity index (χ1v) is 6.43. The summed E-state index contributed by atoms with van der Waals surface area (Å²) in [5.41, 5.74) is 13.3. The van der Waals surface area contributed by atoms with Crippen LogP contribution in [0.1, 0.15) is 6.92 Å². The van der Waals surface area contributed by atoms with Crippen molar-refractivity contribution in [2.45, 2.75) is 13.0 Å². The minimum atomic E-state index is -0.798. The number of nitrogen functional groups attached to an aromatic ring is 2. The van der Waals surface area contributed by atoms with Gasteiger partial charge in [0, 0.05) is 34.5 Å². The Labute approximate surface area is 92.5 Å². The van der Waals surface area contributed by atoms with E-state index in [2.05, 4.69) is 5.32 Å². The lowest BCUT2D eigenvalue weighted by atomic mass is 10.2. The molecule has 15 heavy (non-hydrogen) atoms. The molecule has 5 N–H and O–H groups in total. The van der Waals surface area contributed by atoms with Gasteiger partial charge in [-0.3, -0.25) is 4.21 Å². The Morgan fingerprint density at radius 2 is 2.07 bits per heavy atom. The molecule has 0 aliphatic heterocycles. The highest BCUT2D eigenvalue weighted by Gasteiger charge is 2.04. The van der Waals surface area contributed by atoms with Gasteiger partial charge in [-0.2, -0.15) is 0 Å². The summed E-state index contributed by atoms with van der Waals surface area (Å²) in [5.74, 6) is 0.615. The van der Waals surface area contributed by atoms with Crippen molar-refractivity contribution in [3.63, 3.8) is 0 Å². The summed E-state index contributed by atoms with van der Waals surface area (Å²) in [7, 11) is -0.798. The van der Waals surface area contributed by atoms with Crippen molar-refractivity contribution in [1.82, 2.24) is 0 Å². The van der Waals surface area contributed by atoms with Crippen molar-refractivity contribution in [3.8, 4) is 0 Å². The van der Waals surface area contributed by atoms with Crippen LogP contribution in [0.3, 0.4) is 0 Å². The quantitative estimate of drug-likeness (QED) is 0.671. The van der Waals surface area contributed by atoms with Crippen molar-refractivity contribution in [3.05, 3.63) is 18.2 Å². The van der Waals surface area contributed by atoms with Crippen LogP contribution in [0, 0.1) is 0 Å². The lowest BCUT2D eigenvalue weighted by Gasteiger charge is -2.14. The number of rotatable bonds is 4. The number of nitrogens with two attached hydrogens (primary N) is 2. The summed E-state index contributed by atoms with van der Waals surface area (Å²) in [4.78, 5) is 0. The Balaban J connectivity index is 2.64. The highest BCUT2D eigenvalue weighted by molar-refractivity contribution is 7.84. The Morgan fingerprint density at radius 1 is 1.40 bits per heavy atom. The monoisotopic (exact) mass is 227 g/mol. The fourth-order valence-electron chi connectivity index (χ4n) is 1.34. The van der Waals surface area contributed by atoms with Crippen LogP contribution in [0.2, 0.25) is 0 Å². The van der Waals surface area contributed by atoms with Crippen molar-refractivity contribution in [1.29, 1.82) is 0 Å². The van der Waals surface area contributed by atoms with E-state index >= 15 is 0 Å². The van der Waals surface area contributed by atoms with Gasteiger partial charge >= 0.3 is 0 Å². The molecule has 0 bridgehead atoms. The summed E-state index contributed by atoms with van der Waals surface area (Å²) in [5, 5.41) is 3.21. The summed E-state index contributed by atoms with van der Waals surface area (Å²) in [6, 6.07) is 5.55. The van der Waals surface area contributed by atoms with Crippen LogP contribution in [0.25, 0.3) is 0 Å². The van der Waals surface area contributed by atoms with Crippen molar-refractivity contribution < 1.29 is 4.21 Å². The van der Waals surface area contributed by atoms with Crippen molar-refractivity contribution in [2.75, 3.05) is 28.8 Å². The van der Waals surface area contributed by atoms with Gasteiger partial charge in [0.25, 0.3) is 0 Å². The number of benzene rings is 1.